The average molecular weight is 873 g/mol. The lowest BCUT2D eigenvalue weighted by Crippen LogP contribution is -2.49. The number of imide groups is 1. The van der Waals surface area contributed by atoms with Gasteiger partial charge in [0, 0.05) is 100 Å². The van der Waals surface area contributed by atoms with Crippen LogP contribution in [0.4, 0.5) is 42.1 Å². The van der Waals surface area contributed by atoms with Crippen LogP contribution >= 0.6 is 0 Å². The zero-order valence-corrected chi connectivity index (χ0v) is 35.5. The highest BCUT2D eigenvalue weighted by Gasteiger charge is 2.29. The van der Waals surface area contributed by atoms with Crippen LogP contribution < -0.4 is 41.1 Å². The first-order valence-corrected chi connectivity index (χ1v) is 21.7. The van der Waals surface area contributed by atoms with Crippen molar-refractivity contribution < 1.29 is 32.7 Å². The molecule has 0 saturated carbocycles. The van der Waals surface area contributed by atoms with E-state index in [1.165, 1.54) is 18.9 Å². The van der Waals surface area contributed by atoms with E-state index in [-0.39, 0.29) is 29.8 Å². The van der Waals surface area contributed by atoms with E-state index in [4.69, 9.17) is 15.6 Å². The van der Waals surface area contributed by atoms with Gasteiger partial charge in [-0.3, -0.25) is 29.5 Å². The van der Waals surface area contributed by atoms with Crippen molar-refractivity contribution in [2.24, 2.45) is 11.7 Å². The maximum Gasteiger partial charge on any atom is 0.328 e. The minimum absolute atomic E-state index is 0.0332. The van der Waals surface area contributed by atoms with Crippen LogP contribution in [0.1, 0.15) is 51.1 Å². The summed E-state index contributed by atoms with van der Waals surface area (Å²) in [4.78, 5) is 58.6. The second kappa shape index (κ2) is 18.0. The molecular weight excluding hydrogens is 823 g/mol. The summed E-state index contributed by atoms with van der Waals surface area (Å²) in [6, 6.07) is 23.3. The normalized spacial score (nSPS) is 17.0. The molecule has 332 valence electrons. The van der Waals surface area contributed by atoms with Crippen LogP contribution in [0.5, 0.6) is 5.75 Å². The van der Waals surface area contributed by atoms with Crippen molar-refractivity contribution in [1.82, 2.24) is 25.3 Å². The lowest BCUT2D eigenvalue weighted by molar-refractivity contribution is -0.120. The van der Waals surface area contributed by atoms with Crippen LogP contribution in [0.3, 0.4) is 0 Å². The Labute approximate surface area is 369 Å². The molecule has 9 rings (SSSR count). The van der Waals surface area contributed by atoms with Gasteiger partial charge in [-0.15, -0.1) is 0 Å². The first-order chi connectivity index (χ1) is 31.0. The SMILES string of the molecule is COc1ccc(F)c(F)c1C(=O)NCc1ccc(-c2nn3c(c2C(N)=O)Nc2ccc(N4CCN(CC5CCN(c6ccc(N7CCC(=O)NC7=O)cc6)CC5)CC4)cc2CC3)cc1. The Morgan fingerprint density at radius 1 is 0.797 bits per heavy atom. The van der Waals surface area contributed by atoms with E-state index in [0.717, 1.165) is 87.3 Å². The number of aromatic nitrogens is 2. The molecule has 17 heteroatoms. The standard InChI is InChI=1S/C47H50F2N10O5/c1-64-38-13-11-36(48)42(49)40(38)46(62)51-27-29-2-4-31(5-3-29)43-41(44(50)61)45-52-37-12-10-35(26-32(37)16-21-59(45)54-43)57-24-22-55(23-25-57)28-30-14-18-56(19-15-30)33-6-8-34(9-7-33)58-20-17-39(60)53-47(58)63/h2-13,26,30,52H,14-25,27-28H2,1H3,(H2,50,61)(H,51,62)(H,53,60,63). The van der Waals surface area contributed by atoms with Crippen LogP contribution in [0, 0.1) is 17.6 Å². The first kappa shape index (κ1) is 42.3. The van der Waals surface area contributed by atoms with E-state index in [0.29, 0.717) is 54.5 Å². The van der Waals surface area contributed by atoms with E-state index >= 15 is 0 Å². The number of nitrogens with zero attached hydrogens (tertiary/aromatic N) is 6. The summed E-state index contributed by atoms with van der Waals surface area (Å²) in [6.07, 6.45) is 3.25. The Balaban J connectivity index is 0.775. The lowest BCUT2D eigenvalue weighted by atomic mass is 9.95. The highest BCUT2D eigenvalue weighted by molar-refractivity contribution is 6.06. The number of hydrogen-bond donors (Lipinski definition) is 4. The predicted molar refractivity (Wildman–Crippen MR) is 239 cm³/mol. The molecule has 0 spiro atoms. The van der Waals surface area contributed by atoms with Gasteiger partial charge in [0.2, 0.25) is 5.91 Å². The van der Waals surface area contributed by atoms with Crippen molar-refractivity contribution in [3.8, 4) is 17.0 Å². The lowest BCUT2D eigenvalue weighted by Gasteiger charge is -2.40. The summed E-state index contributed by atoms with van der Waals surface area (Å²) in [7, 11) is 1.27. The van der Waals surface area contributed by atoms with Crippen LogP contribution in [0.2, 0.25) is 0 Å². The third-order valence-electron chi connectivity index (χ3n) is 12.8. The smallest absolute Gasteiger partial charge is 0.328 e. The summed E-state index contributed by atoms with van der Waals surface area (Å²) in [6.45, 7) is 7.88. The molecule has 4 aliphatic rings. The van der Waals surface area contributed by atoms with Crippen LogP contribution in [-0.4, -0.2) is 97.9 Å². The number of nitrogens with one attached hydrogen (secondary N) is 3. The van der Waals surface area contributed by atoms with Gasteiger partial charge in [-0.2, -0.15) is 5.10 Å². The molecule has 3 fully saturated rings. The zero-order valence-electron chi connectivity index (χ0n) is 35.5. The van der Waals surface area contributed by atoms with Gasteiger partial charge in [0.15, 0.2) is 11.6 Å². The number of methoxy groups -OCH3 is 1. The highest BCUT2D eigenvalue weighted by atomic mass is 19.2. The van der Waals surface area contributed by atoms with Crippen molar-refractivity contribution >= 4 is 52.3 Å². The fourth-order valence-corrected chi connectivity index (χ4v) is 9.19. The van der Waals surface area contributed by atoms with Crippen LogP contribution in [-0.2, 0) is 24.3 Å². The third-order valence-corrected chi connectivity index (χ3v) is 12.8. The number of fused-ring (bicyclic) bond motifs is 2. The van der Waals surface area contributed by atoms with Crippen molar-refractivity contribution in [1.29, 1.82) is 0 Å². The van der Waals surface area contributed by atoms with Crippen molar-refractivity contribution in [2.45, 2.75) is 38.8 Å². The van der Waals surface area contributed by atoms with Gasteiger partial charge in [-0.1, -0.05) is 24.3 Å². The monoisotopic (exact) mass is 872 g/mol. The number of benzene rings is 4. The number of anilines is 5. The number of aryl methyl sites for hydroxylation is 2. The number of rotatable bonds is 11. The minimum Gasteiger partial charge on any atom is -0.496 e. The molecule has 5 N–H and O–H groups in total. The number of urea groups is 1. The van der Waals surface area contributed by atoms with Gasteiger partial charge in [0.25, 0.3) is 11.8 Å². The average Bonchev–Trinajstić information content (AvgIpc) is 3.57. The number of ether oxygens (including phenoxy) is 1. The molecule has 5 amide bonds. The van der Waals surface area contributed by atoms with Gasteiger partial charge < -0.3 is 30.9 Å². The number of halogens is 2. The Morgan fingerprint density at radius 2 is 1.50 bits per heavy atom. The largest absolute Gasteiger partial charge is 0.496 e. The topological polar surface area (TPSA) is 170 Å². The summed E-state index contributed by atoms with van der Waals surface area (Å²) in [5, 5.41) is 13.3. The molecule has 5 aromatic rings. The molecule has 0 atom stereocenters. The van der Waals surface area contributed by atoms with Crippen molar-refractivity contribution in [2.75, 3.05) is 79.5 Å². The molecule has 15 nitrogen and oxygen atoms in total. The molecule has 1 aromatic heterocycles. The molecule has 0 aliphatic carbocycles. The van der Waals surface area contributed by atoms with Crippen LogP contribution in [0.15, 0.2) is 78.9 Å². The van der Waals surface area contributed by atoms with E-state index in [1.54, 1.807) is 33.8 Å². The molecule has 4 aliphatic heterocycles. The highest BCUT2D eigenvalue weighted by Crippen LogP contribution is 2.36. The maximum atomic E-state index is 14.4. The maximum absolute atomic E-state index is 14.4. The zero-order chi connectivity index (χ0) is 44.5. The number of hydrogen-bond acceptors (Lipinski definition) is 10. The Hall–Kier alpha value is -7.01. The van der Waals surface area contributed by atoms with Gasteiger partial charge in [-0.05, 0) is 90.9 Å². The quantitative estimate of drug-likeness (QED) is 0.130. The molecule has 5 heterocycles. The number of carbonyl (C=O) groups excluding carboxylic acids is 4. The molecule has 4 aromatic carbocycles. The molecule has 3 saturated heterocycles. The Bertz CT molecular complexity index is 2590. The van der Waals surface area contributed by atoms with Gasteiger partial charge in [0.05, 0.1) is 7.11 Å². The molecule has 0 bridgehead atoms. The first-order valence-electron chi connectivity index (χ1n) is 21.7. The fourth-order valence-electron chi connectivity index (χ4n) is 9.19. The van der Waals surface area contributed by atoms with Gasteiger partial charge >= 0.3 is 6.03 Å². The Kier molecular flexibility index (Phi) is 11.9. The van der Waals surface area contributed by atoms with Crippen LogP contribution in [0.25, 0.3) is 11.3 Å². The second-order valence-corrected chi connectivity index (χ2v) is 16.7. The molecule has 0 radical (unpaired) electrons. The number of piperidine rings is 1. The fraction of sp³-hybridized carbons (Fsp3) is 0.340. The minimum atomic E-state index is -1.28. The Morgan fingerprint density at radius 3 is 2.20 bits per heavy atom. The van der Waals surface area contributed by atoms with E-state index < -0.39 is 29.0 Å². The number of piperazine rings is 1. The van der Waals surface area contributed by atoms with Crippen molar-refractivity contribution in [3.63, 3.8) is 0 Å². The predicted octanol–water partition coefficient (Wildman–Crippen LogP) is 5.65. The molecular formula is C47H50F2N10O5. The third kappa shape index (κ3) is 8.67. The molecule has 0 unspecified atom stereocenters. The van der Waals surface area contributed by atoms with Gasteiger partial charge in [-0.25, -0.2) is 18.3 Å². The van der Waals surface area contributed by atoms with E-state index in [9.17, 15) is 28.0 Å². The summed E-state index contributed by atoms with van der Waals surface area (Å²) in [5.74, 6) is -3.02. The summed E-state index contributed by atoms with van der Waals surface area (Å²) < 4.78 is 35.1. The van der Waals surface area contributed by atoms with E-state index in [1.807, 2.05) is 12.1 Å². The summed E-state index contributed by atoms with van der Waals surface area (Å²) in [5.41, 5.74) is 12.6. The molecule has 64 heavy (non-hydrogen) atoms. The number of carbonyl (C=O) groups is 4. The van der Waals surface area contributed by atoms with Crippen molar-refractivity contribution in [3.05, 3.63) is 113 Å². The van der Waals surface area contributed by atoms with Gasteiger partial charge in [0.1, 0.15) is 28.4 Å². The number of primary amides is 1. The summed E-state index contributed by atoms with van der Waals surface area (Å²) >= 11 is 0. The second-order valence-electron chi connectivity index (χ2n) is 16.7. The number of nitrogens with two attached hydrogens (primary N) is 1. The number of amides is 5. The van der Waals surface area contributed by atoms with E-state index in [2.05, 4.69) is 61.0 Å².